The molecule has 2 aliphatic rings. The third kappa shape index (κ3) is 4.40. The van der Waals surface area contributed by atoms with Crippen LogP contribution in [-0.2, 0) is 16.0 Å². The van der Waals surface area contributed by atoms with Crippen LogP contribution >= 0.6 is 0 Å². The lowest BCUT2D eigenvalue weighted by molar-refractivity contribution is -0.123. The van der Waals surface area contributed by atoms with Crippen molar-refractivity contribution < 1.29 is 29.4 Å². The molecule has 2 amide bonds. The molecule has 1 atom stereocenters. The molecule has 32 heavy (non-hydrogen) atoms. The highest BCUT2D eigenvalue weighted by molar-refractivity contribution is 6.23. The predicted molar refractivity (Wildman–Crippen MR) is 116 cm³/mol. The van der Waals surface area contributed by atoms with Crippen LogP contribution in [0.3, 0.4) is 0 Å². The number of carboxylic acids is 2. The minimum Gasteiger partial charge on any atom is -0.478 e. The second-order valence-corrected chi connectivity index (χ2v) is 8.34. The van der Waals surface area contributed by atoms with Crippen molar-refractivity contribution in [1.82, 2.24) is 4.90 Å². The maximum absolute atomic E-state index is 13.1. The Morgan fingerprint density at radius 3 is 2.06 bits per heavy atom. The summed E-state index contributed by atoms with van der Waals surface area (Å²) in [6.07, 6.45) is 2.83. The van der Waals surface area contributed by atoms with Crippen LogP contribution in [0, 0.1) is 5.92 Å². The van der Waals surface area contributed by atoms with Gasteiger partial charge in [0.2, 0.25) is 5.91 Å². The summed E-state index contributed by atoms with van der Waals surface area (Å²) in [4.78, 5) is 51.5. The maximum Gasteiger partial charge on any atom is 0.335 e. The van der Waals surface area contributed by atoms with Crippen molar-refractivity contribution in [2.75, 3.05) is 18.0 Å². The molecule has 0 aliphatic carbocycles. The Balaban J connectivity index is 1.47. The van der Waals surface area contributed by atoms with E-state index in [1.165, 1.54) is 17.7 Å². The van der Waals surface area contributed by atoms with Crippen molar-refractivity contribution in [3.05, 3.63) is 65.2 Å². The number of piperidine rings is 1. The summed E-state index contributed by atoms with van der Waals surface area (Å²) in [6.45, 7) is 1.40. The van der Waals surface area contributed by atoms with Crippen LogP contribution in [0.2, 0.25) is 0 Å². The lowest BCUT2D eigenvalue weighted by atomic mass is 9.89. The summed E-state index contributed by atoms with van der Waals surface area (Å²) in [5.41, 5.74) is 0.701. The fraction of sp³-hybridized carbons (Fsp3) is 0.333. The first-order valence-electron chi connectivity index (χ1n) is 10.6. The zero-order valence-corrected chi connectivity index (χ0v) is 17.4. The summed E-state index contributed by atoms with van der Waals surface area (Å²) in [5.74, 6) is -3.03. The van der Waals surface area contributed by atoms with Gasteiger partial charge in [0.15, 0.2) is 0 Å². The molecule has 2 heterocycles. The van der Waals surface area contributed by atoms with Gasteiger partial charge in [-0.15, -0.1) is 0 Å². The maximum atomic E-state index is 13.1. The molecule has 0 aromatic heterocycles. The van der Waals surface area contributed by atoms with E-state index >= 15 is 0 Å². The van der Waals surface area contributed by atoms with E-state index in [-0.39, 0.29) is 23.2 Å². The predicted octanol–water partition coefficient (Wildman–Crippen LogP) is 2.67. The molecule has 0 bridgehead atoms. The normalized spacial score (nSPS) is 20.0. The SMILES string of the molecule is O=C(O)c1cc(C(=O)O)cc(N2C(=O)CC(N3CCC(Cc4ccccc4)CC3)C2=O)c1. The zero-order valence-electron chi connectivity index (χ0n) is 17.4. The molecule has 2 fully saturated rings. The largest absolute Gasteiger partial charge is 0.478 e. The number of aromatic carboxylic acids is 2. The van der Waals surface area contributed by atoms with Gasteiger partial charge in [-0.25, -0.2) is 14.5 Å². The van der Waals surface area contributed by atoms with Crippen LogP contribution in [0.5, 0.6) is 0 Å². The van der Waals surface area contributed by atoms with E-state index in [1.54, 1.807) is 0 Å². The highest BCUT2D eigenvalue weighted by atomic mass is 16.4. The molecule has 0 radical (unpaired) electrons. The molecular formula is C24H24N2O6. The van der Waals surface area contributed by atoms with Gasteiger partial charge in [-0.2, -0.15) is 0 Å². The Bertz CT molecular complexity index is 1030. The van der Waals surface area contributed by atoms with E-state index in [0.29, 0.717) is 19.0 Å². The van der Waals surface area contributed by atoms with Gasteiger partial charge < -0.3 is 10.2 Å². The summed E-state index contributed by atoms with van der Waals surface area (Å²) in [7, 11) is 0. The molecule has 2 aliphatic heterocycles. The fourth-order valence-electron chi connectivity index (χ4n) is 4.58. The van der Waals surface area contributed by atoms with Gasteiger partial charge in [0.05, 0.1) is 29.3 Å². The number of hydrogen-bond donors (Lipinski definition) is 2. The van der Waals surface area contributed by atoms with Crippen LogP contribution in [0.25, 0.3) is 0 Å². The Morgan fingerprint density at radius 2 is 1.50 bits per heavy atom. The van der Waals surface area contributed by atoms with Crippen molar-refractivity contribution in [2.24, 2.45) is 5.92 Å². The number of carbonyl (C=O) groups is 4. The number of carbonyl (C=O) groups excluding carboxylic acids is 2. The van der Waals surface area contributed by atoms with Crippen LogP contribution in [0.4, 0.5) is 5.69 Å². The molecule has 2 N–H and O–H groups in total. The number of carboxylic acid groups (broad SMARTS) is 2. The van der Waals surface area contributed by atoms with Gasteiger partial charge in [-0.3, -0.25) is 14.5 Å². The number of amides is 2. The molecule has 2 aromatic rings. The number of hydrogen-bond acceptors (Lipinski definition) is 5. The Morgan fingerprint density at radius 1 is 0.906 bits per heavy atom. The quantitative estimate of drug-likeness (QED) is 0.669. The van der Waals surface area contributed by atoms with Gasteiger partial charge in [0.25, 0.3) is 5.91 Å². The molecule has 2 aromatic carbocycles. The first-order valence-corrected chi connectivity index (χ1v) is 10.6. The van der Waals surface area contributed by atoms with E-state index < -0.39 is 29.8 Å². The number of likely N-dealkylation sites (tertiary alicyclic amines) is 1. The van der Waals surface area contributed by atoms with Crippen molar-refractivity contribution in [3.8, 4) is 0 Å². The number of imide groups is 1. The van der Waals surface area contributed by atoms with E-state index in [4.69, 9.17) is 0 Å². The first-order chi connectivity index (χ1) is 15.3. The van der Waals surface area contributed by atoms with E-state index in [9.17, 15) is 29.4 Å². The highest BCUT2D eigenvalue weighted by Gasteiger charge is 2.43. The highest BCUT2D eigenvalue weighted by Crippen LogP contribution is 2.31. The van der Waals surface area contributed by atoms with Crippen molar-refractivity contribution in [2.45, 2.75) is 31.7 Å². The monoisotopic (exact) mass is 436 g/mol. The van der Waals surface area contributed by atoms with Gasteiger partial charge in [0, 0.05) is 0 Å². The Labute approximate surface area is 185 Å². The van der Waals surface area contributed by atoms with Crippen molar-refractivity contribution in [1.29, 1.82) is 0 Å². The lowest BCUT2D eigenvalue weighted by Crippen LogP contribution is -2.46. The van der Waals surface area contributed by atoms with Crippen LogP contribution in [0.1, 0.15) is 45.5 Å². The minimum atomic E-state index is -1.33. The average molecular weight is 436 g/mol. The molecule has 8 heteroatoms. The van der Waals surface area contributed by atoms with Gasteiger partial charge >= 0.3 is 11.9 Å². The third-order valence-corrected chi connectivity index (χ3v) is 6.25. The third-order valence-electron chi connectivity index (χ3n) is 6.25. The standard InChI is InChI=1S/C24H24N2O6/c27-21-14-20(25-8-6-16(7-9-25)10-15-4-2-1-3-5-15)22(28)26(21)19-12-17(23(29)30)11-18(13-19)24(31)32/h1-5,11-13,16,20H,6-10,14H2,(H,29,30)(H,31,32). The second-order valence-electron chi connectivity index (χ2n) is 8.34. The van der Waals surface area contributed by atoms with Gasteiger partial charge in [0.1, 0.15) is 0 Å². The molecule has 0 saturated carbocycles. The number of anilines is 1. The van der Waals surface area contributed by atoms with Crippen LogP contribution in [-0.4, -0.2) is 58.0 Å². The molecule has 1 unspecified atom stereocenters. The summed E-state index contributed by atoms with van der Waals surface area (Å²) in [6, 6.07) is 13.0. The van der Waals surface area contributed by atoms with Gasteiger partial charge in [-0.05, 0) is 62.0 Å². The smallest absolute Gasteiger partial charge is 0.335 e. The second kappa shape index (κ2) is 8.92. The van der Waals surface area contributed by atoms with Crippen LogP contribution in [0.15, 0.2) is 48.5 Å². The first kappa shape index (κ1) is 21.7. The number of rotatable bonds is 6. The molecule has 0 spiro atoms. The number of nitrogens with zero attached hydrogens (tertiary/aromatic N) is 2. The summed E-state index contributed by atoms with van der Waals surface area (Å²) >= 11 is 0. The van der Waals surface area contributed by atoms with E-state index in [0.717, 1.165) is 30.2 Å². The van der Waals surface area contributed by atoms with E-state index in [1.807, 2.05) is 23.1 Å². The zero-order chi connectivity index (χ0) is 22.8. The Kier molecular flexibility index (Phi) is 6.05. The molecule has 2 saturated heterocycles. The fourth-order valence-corrected chi connectivity index (χ4v) is 4.58. The van der Waals surface area contributed by atoms with Crippen molar-refractivity contribution >= 4 is 29.4 Å². The topological polar surface area (TPSA) is 115 Å². The van der Waals surface area contributed by atoms with Crippen molar-refractivity contribution in [3.63, 3.8) is 0 Å². The molecule has 166 valence electrons. The molecule has 8 nitrogen and oxygen atoms in total. The van der Waals surface area contributed by atoms with Gasteiger partial charge in [-0.1, -0.05) is 30.3 Å². The molecule has 4 rings (SSSR count). The molecular weight excluding hydrogens is 412 g/mol. The minimum absolute atomic E-state index is 0.00187. The summed E-state index contributed by atoms with van der Waals surface area (Å²) < 4.78 is 0. The van der Waals surface area contributed by atoms with E-state index in [2.05, 4.69) is 12.1 Å². The summed E-state index contributed by atoms with van der Waals surface area (Å²) in [5, 5.41) is 18.6. The lowest BCUT2D eigenvalue weighted by Gasteiger charge is -2.34. The average Bonchev–Trinajstić information content (AvgIpc) is 3.08. The number of benzene rings is 2. The van der Waals surface area contributed by atoms with Crippen LogP contribution < -0.4 is 4.90 Å². The Hall–Kier alpha value is -3.52.